The van der Waals surface area contributed by atoms with E-state index in [1.54, 1.807) is 7.11 Å². The Morgan fingerprint density at radius 2 is 1.96 bits per heavy atom. The maximum absolute atomic E-state index is 12.1. The second-order valence-corrected chi connectivity index (χ2v) is 6.52. The van der Waals surface area contributed by atoms with Gasteiger partial charge in [0.15, 0.2) is 0 Å². The summed E-state index contributed by atoms with van der Waals surface area (Å²) in [6.45, 7) is 2.07. The number of methoxy groups -OCH3 is 2. The number of hydrogen-bond acceptors (Lipinski definition) is 6. The number of rotatable bonds is 5. The highest BCUT2D eigenvalue weighted by atomic mass is 16.7. The minimum atomic E-state index is -0.544. The molecule has 7 heteroatoms. The van der Waals surface area contributed by atoms with E-state index in [2.05, 4.69) is 5.32 Å². The number of fused-ring (bicyclic) bond motifs is 1. The van der Waals surface area contributed by atoms with Crippen molar-refractivity contribution in [3.8, 4) is 0 Å². The van der Waals surface area contributed by atoms with Crippen LogP contribution in [-0.2, 0) is 23.7 Å². The fourth-order valence-corrected chi connectivity index (χ4v) is 3.43. The Morgan fingerprint density at radius 1 is 1.22 bits per heavy atom. The van der Waals surface area contributed by atoms with Crippen LogP contribution in [0.15, 0.2) is 47.7 Å². The van der Waals surface area contributed by atoms with Gasteiger partial charge in [-0.3, -0.25) is 5.32 Å². The van der Waals surface area contributed by atoms with Gasteiger partial charge in [-0.1, -0.05) is 23.8 Å². The Labute approximate surface area is 157 Å². The van der Waals surface area contributed by atoms with Crippen molar-refractivity contribution >= 4 is 17.7 Å². The van der Waals surface area contributed by atoms with Crippen molar-refractivity contribution in [2.75, 3.05) is 26.1 Å². The van der Waals surface area contributed by atoms with Gasteiger partial charge in [0.25, 0.3) is 0 Å². The second-order valence-electron chi connectivity index (χ2n) is 6.52. The van der Waals surface area contributed by atoms with E-state index in [0.717, 1.165) is 11.1 Å². The minimum absolute atomic E-state index is 0.0938. The van der Waals surface area contributed by atoms with Crippen LogP contribution >= 0.6 is 0 Å². The van der Waals surface area contributed by atoms with Gasteiger partial charge in [-0.05, 0) is 31.1 Å². The van der Waals surface area contributed by atoms with E-state index < -0.39 is 18.4 Å². The maximum Gasteiger partial charge on any atom is 0.411 e. The number of carbonyl (C=O) groups excluding carboxylic acids is 2. The molecule has 1 N–H and O–H groups in total. The van der Waals surface area contributed by atoms with Gasteiger partial charge >= 0.3 is 12.1 Å². The Balaban J connectivity index is 1.62. The minimum Gasteiger partial charge on any atom is -0.471 e. The summed E-state index contributed by atoms with van der Waals surface area (Å²) in [5.74, 6) is -0.747. The average molecular weight is 373 g/mol. The van der Waals surface area contributed by atoms with Crippen LogP contribution in [0.25, 0.3) is 0 Å². The van der Waals surface area contributed by atoms with Crippen molar-refractivity contribution in [3.05, 3.63) is 53.3 Å². The Kier molecular flexibility index (Phi) is 5.81. The summed E-state index contributed by atoms with van der Waals surface area (Å²) in [4.78, 5) is 24.1. The number of nitrogens with one attached hydrogen (secondary N) is 1. The monoisotopic (exact) mass is 373 g/mol. The lowest BCUT2D eigenvalue weighted by atomic mass is 9.83. The van der Waals surface area contributed by atoms with Crippen molar-refractivity contribution in [2.45, 2.75) is 19.6 Å². The maximum atomic E-state index is 12.1. The smallest absolute Gasteiger partial charge is 0.411 e. The molecule has 0 aromatic heterocycles. The molecule has 0 spiro atoms. The number of aryl methyl sites for hydroxylation is 1. The third-order valence-corrected chi connectivity index (χ3v) is 4.84. The Bertz CT molecular complexity index is 767. The van der Waals surface area contributed by atoms with Crippen molar-refractivity contribution in [2.24, 2.45) is 11.8 Å². The van der Waals surface area contributed by atoms with Gasteiger partial charge in [-0.2, -0.15) is 0 Å². The zero-order valence-corrected chi connectivity index (χ0v) is 15.6. The van der Waals surface area contributed by atoms with Crippen LogP contribution in [0.4, 0.5) is 10.5 Å². The van der Waals surface area contributed by atoms with Crippen molar-refractivity contribution in [1.29, 1.82) is 0 Å². The predicted molar refractivity (Wildman–Crippen MR) is 97.8 cm³/mol. The number of carbonyl (C=O) groups is 2. The summed E-state index contributed by atoms with van der Waals surface area (Å²) in [5, 5.41) is 2.69. The lowest BCUT2D eigenvalue weighted by Crippen LogP contribution is -2.37. The van der Waals surface area contributed by atoms with E-state index in [1.807, 2.05) is 37.3 Å². The largest absolute Gasteiger partial charge is 0.471 e. The number of ether oxygens (including phenoxy) is 4. The number of anilines is 1. The molecule has 0 fully saturated rings. The van der Waals surface area contributed by atoms with Crippen LogP contribution in [0.3, 0.4) is 0 Å². The van der Waals surface area contributed by atoms with Crippen LogP contribution in [0.2, 0.25) is 0 Å². The van der Waals surface area contributed by atoms with Gasteiger partial charge in [0.05, 0.1) is 24.9 Å². The molecule has 0 saturated heterocycles. The van der Waals surface area contributed by atoms with E-state index in [9.17, 15) is 9.59 Å². The summed E-state index contributed by atoms with van der Waals surface area (Å²) >= 11 is 0. The first-order valence-corrected chi connectivity index (χ1v) is 8.69. The SMILES string of the molecule is COC(=O)C1=CO[C@@H](OC)[C@@H]2C(COC(=O)Nc3ccc(C)cc3)=CC[C@H]12. The van der Waals surface area contributed by atoms with Crippen LogP contribution in [0.5, 0.6) is 0 Å². The molecule has 0 radical (unpaired) electrons. The summed E-state index contributed by atoms with van der Waals surface area (Å²) in [5.41, 5.74) is 3.09. The first-order valence-electron chi connectivity index (χ1n) is 8.69. The Hall–Kier alpha value is -2.80. The number of hydrogen-bond donors (Lipinski definition) is 1. The molecule has 144 valence electrons. The molecule has 0 saturated carbocycles. The fraction of sp³-hybridized carbons (Fsp3) is 0.400. The van der Waals surface area contributed by atoms with Crippen LogP contribution in [0.1, 0.15) is 12.0 Å². The topological polar surface area (TPSA) is 83.1 Å². The molecule has 1 aliphatic heterocycles. The molecule has 2 aliphatic rings. The highest BCUT2D eigenvalue weighted by molar-refractivity contribution is 5.89. The lowest BCUT2D eigenvalue weighted by Gasteiger charge is -2.33. The van der Waals surface area contributed by atoms with E-state index in [-0.39, 0.29) is 18.4 Å². The molecule has 3 rings (SSSR count). The first-order chi connectivity index (χ1) is 13.0. The van der Waals surface area contributed by atoms with E-state index in [0.29, 0.717) is 17.7 Å². The van der Waals surface area contributed by atoms with Gasteiger partial charge in [0.1, 0.15) is 6.61 Å². The highest BCUT2D eigenvalue weighted by Gasteiger charge is 2.44. The molecule has 0 unspecified atom stereocenters. The molecule has 1 aliphatic carbocycles. The molecular weight excluding hydrogens is 350 g/mol. The van der Waals surface area contributed by atoms with Gasteiger partial charge in [-0.15, -0.1) is 0 Å². The van der Waals surface area contributed by atoms with Crippen molar-refractivity contribution in [3.63, 3.8) is 0 Å². The van der Waals surface area contributed by atoms with Gasteiger partial charge in [0, 0.05) is 18.7 Å². The average Bonchev–Trinajstić information content (AvgIpc) is 3.11. The molecule has 1 aromatic carbocycles. The normalized spacial score (nSPS) is 23.4. The molecule has 1 amide bonds. The summed E-state index contributed by atoms with van der Waals surface area (Å²) in [6, 6.07) is 7.43. The van der Waals surface area contributed by atoms with Crippen LogP contribution in [-0.4, -0.2) is 39.2 Å². The summed E-state index contributed by atoms with van der Waals surface area (Å²) < 4.78 is 21.1. The second kappa shape index (κ2) is 8.26. The number of amides is 1. The first kappa shape index (κ1) is 19.0. The van der Waals surface area contributed by atoms with Gasteiger partial charge in [0.2, 0.25) is 6.29 Å². The van der Waals surface area contributed by atoms with E-state index in [1.165, 1.54) is 13.4 Å². The number of benzene rings is 1. The number of allylic oxidation sites excluding steroid dienone is 1. The zero-order valence-electron chi connectivity index (χ0n) is 15.6. The van der Waals surface area contributed by atoms with E-state index in [4.69, 9.17) is 18.9 Å². The van der Waals surface area contributed by atoms with Crippen molar-refractivity contribution < 1.29 is 28.5 Å². The fourth-order valence-electron chi connectivity index (χ4n) is 3.43. The summed E-state index contributed by atoms with van der Waals surface area (Å²) in [7, 11) is 2.88. The third-order valence-electron chi connectivity index (χ3n) is 4.84. The van der Waals surface area contributed by atoms with Crippen LogP contribution < -0.4 is 5.32 Å². The molecule has 1 aromatic rings. The molecule has 3 atom stereocenters. The number of esters is 1. The van der Waals surface area contributed by atoms with Gasteiger partial charge in [-0.25, -0.2) is 9.59 Å². The molecule has 1 heterocycles. The quantitative estimate of drug-likeness (QED) is 0.631. The standard InChI is InChI=1S/C20H23NO6/c1-12-4-7-14(8-5-12)21-20(23)27-10-13-6-9-15-16(18(22)24-2)11-26-19(25-3)17(13)15/h4-8,11,15,17,19H,9-10H2,1-3H3,(H,21,23)/t15-,17-,19-/m1/s1. The predicted octanol–water partition coefficient (Wildman–Crippen LogP) is 3.17. The Morgan fingerprint density at radius 3 is 2.63 bits per heavy atom. The van der Waals surface area contributed by atoms with Crippen LogP contribution in [0, 0.1) is 18.8 Å². The third kappa shape index (κ3) is 4.14. The zero-order chi connectivity index (χ0) is 19.4. The highest BCUT2D eigenvalue weighted by Crippen LogP contribution is 2.43. The van der Waals surface area contributed by atoms with Gasteiger partial charge < -0.3 is 18.9 Å². The van der Waals surface area contributed by atoms with Crippen molar-refractivity contribution in [1.82, 2.24) is 0 Å². The van der Waals surface area contributed by atoms with E-state index >= 15 is 0 Å². The lowest BCUT2D eigenvalue weighted by molar-refractivity contribution is -0.146. The molecule has 7 nitrogen and oxygen atoms in total. The summed E-state index contributed by atoms with van der Waals surface area (Å²) in [6.07, 6.45) is 2.92. The molecule has 0 bridgehead atoms. The molecule has 27 heavy (non-hydrogen) atoms. The molecular formula is C20H23NO6.